The van der Waals surface area contributed by atoms with E-state index >= 15 is 0 Å². The second-order valence-electron chi connectivity index (χ2n) is 16.0. The number of nitrogens with zero attached hydrogens (tertiary/aromatic N) is 4. The number of likely N-dealkylation sites (tertiary alicyclic amines) is 3. The van der Waals surface area contributed by atoms with Gasteiger partial charge in [-0.1, -0.05) is 32.0 Å². The van der Waals surface area contributed by atoms with Gasteiger partial charge in [-0.2, -0.15) is 31.1 Å². The number of para-hydroxylation sites is 1. The molecule has 2 N–H and O–H groups in total. The molecule has 0 aromatic heterocycles. The lowest BCUT2D eigenvalue weighted by Gasteiger charge is -2.59. The summed E-state index contributed by atoms with van der Waals surface area (Å²) in [5.74, 6) is 0. The Bertz CT molecular complexity index is 1650. The highest BCUT2D eigenvalue weighted by atomic mass is 19.4. The van der Waals surface area contributed by atoms with Crippen LogP contribution in [0.4, 0.5) is 41.6 Å². The van der Waals surface area contributed by atoms with Crippen molar-refractivity contribution in [2.24, 2.45) is 5.41 Å². The van der Waals surface area contributed by atoms with Gasteiger partial charge in [0, 0.05) is 55.8 Å². The normalized spacial score (nSPS) is 27.8. The molecule has 0 aliphatic carbocycles. The third kappa shape index (κ3) is 7.79. The van der Waals surface area contributed by atoms with Crippen LogP contribution in [-0.4, -0.2) is 99.7 Å². The Labute approximate surface area is 305 Å². The monoisotopic (exact) mass is 752 g/mol. The first kappa shape index (κ1) is 39.0. The number of amides is 3. The molecule has 4 aliphatic rings. The lowest BCUT2D eigenvalue weighted by molar-refractivity contribution is -0.942. The van der Waals surface area contributed by atoms with Crippen LogP contribution in [0.15, 0.2) is 42.5 Å². The van der Waals surface area contributed by atoms with E-state index in [1.165, 1.54) is 0 Å². The zero-order chi connectivity index (χ0) is 38.4. The number of halogens is 6. The number of benzene rings is 2. The average Bonchev–Trinajstić information content (AvgIpc) is 3.26. The fourth-order valence-corrected chi connectivity index (χ4v) is 9.29. The second-order valence-corrected chi connectivity index (χ2v) is 16.0. The zero-order valence-electron chi connectivity index (χ0n) is 30.1. The van der Waals surface area contributed by atoms with Crippen LogP contribution in [-0.2, 0) is 30.1 Å². The molecular weight excluding hydrogens is 704 g/mol. The molecule has 15 heteroatoms. The number of piperidine rings is 3. The maximum Gasteiger partial charge on any atom is 0.515 e. The highest BCUT2D eigenvalue weighted by Crippen LogP contribution is 2.47. The lowest BCUT2D eigenvalue weighted by Crippen LogP contribution is -2.78. The van der Waals surface area contributed by atoms with Gasteiger partial charge in [-0.05, 0) is 80.4 Å². The summed E-state index contributed by atoms with van der Waals surface area (Å²) in [6.45, 7) is 6.39. The first-order valence-corrected chi connectivity index (χ1v) is 18.3. The van der Waals surface area contributed by atoms with Crippen molar-refractivity contribution in [1.29, 1.82) is 0 Å². The van der Waals surface area contributed by atoms with Crippen molar-refractivity contribution >= 4 is 24.1 Å². The molecule has 2 unspecified atom stereocenters. The minimum absolute atomic E-state index is 0.0184. The van der Waals surface area contributed by atoms with Gasteiger partial charge in [-0.25, -0.2) is 9.28 Å². The summed E-state index contributed by atoms with van der Waals surface area (Å²) in [4.78, 5) is 46.3. The molecule has 0 radical (unpaired) electrons. The van der Waals surface area contributed by atoms with E-state index in [0.717, 1.165) is 31.5 Å². The largest absolute Gasteiger partial charge is 0.515 e. The Balaban J connectivity index is 1.40. The predicted molar refractivity (Wildman–Crippen MR) is 185 cm³/mol. The smallest absolute Gasteiger partial charge is 0.435 e. The number of hydrogen-bond donors (Lipinski definition) is 2. The van der Waals surface area contributed by atoms with Gasteiger partial charge in [0.2, 0.25) is 0 Å². The molecule has 3 amide bonds. The van der Waals surface area contributed by atoms with Gasteiger partial charge in [0.25, 0.3) is 0 Å². The molecule has 6 rings (SSSR count). The fraction of sp³-hybridized carbons (Fsp3) is 0.605. The number of hydrogen-bond acceptors (Lipinski definition) is 5. The Morgan fingerprint density at radius 2 is 1.55 bits per heavy atom. The summed E-state index contributed by atoms with van der Waals surface area (Å²) in [6.07, 6.45) is -7.51. The number of alkyl halides is 6. The van der Waals surface area contributed by atoms with Crippen molar-refractivity contribution < 1.29 is 50.3 Å². The van der Waals surface area contributed by atoms with E-state index < -0.39 is 63.9 Å². The van der Waals surface area contributed by atoms with Crippen LogP contribution in [0.3, 0.4) is 0 Å². The number of aldehydes is 1. The Kier molecular flexibility index (Phi) is 10.7. The number of carbonyl (C=O) groups excluding carboxylic acids is 2. The molecule has 2 aromatic carbocycles. The average molecular weight is 753 g/mol. The van der Waals surface area contributed by atoms with Gasteiger partial charge in [-0.3, -0.25) is 4.90 Å². The van der Waals surface area contributed by atoms with E-state index in [1.54, 1.807) is 17.0 Å². The fourth-order valence-electron chi connectivity index (χ4n) is 9.29. The van der Waals surface area contributed by atoms with Gasteiger partial charge >= 0.3 is 24.5 Å². The summed E-state index contributed by atoms with van der Waals surface area (Å²) in [6, 6.07) is 7.80. The molecule has 4 aliphatic heterocycles. The van der Waals surface area contributed by atoms with Gasteiger partial charge in [0.05, 0.1) is 24.1 Å². The predicted octanol–water partition coefficient (Wildman–Crippen LogP) is 7.84. The molecule has 290 valence electrons. The number of carbonyl (C=O) groups is 3. The number of carboxylic acid groups (broad SMARTS) is 1. The highest BCUT2D eigenvalue weighted by Gasteiger charge is 2.64. The summed E-state index contributed by atoms with van der Waals surface area (Å²) < 4.78 is 83.0. The number of quaternary nitrogens is 1. The molecule has 3 atom stereocenters. The number of nitrogens with one attached hydrogen (secondary N) is 1. The van der Waals surface area contributed by atoms with Gasteiger partial charge in [0.15, 0.2) is 5.66 Å². The van der Waals surface area contributed by atoms with Gasteiger partial charge < -0.3 is 25.0 Å². The van der Waals surface area contributed by atoms with Gasteiger partial charge in [-0.15, -0.1) is 0 Å². The third-order valence-electron chi connectivity index (χ3n) is 12.4. The van der Waals surface area contributed by atoms with Crippen LogP contribution in [0.25, 0.3) is 0 Å². The first-order chi connectivity index (χ1) is 24.9. The molecule has 0 bridgehead atoms. The summed E-state index contributed by atoms with van der Waals surface area (Å²) in [5.41, 5.74) is -3.30. The Hall–Kier alpha value is -3.69. The Morgan fingerprint density at radius 3 is 2.13 bits per heavy atom. The molecular formula is C38H48F6N5O4+. The first-order valence-electron chi connectivity index (χ1n) is 18.3. The van der Waals surface area contributed by atoms with Crippen LogP contribution < -0.4 is 5.32 Å². The number of anilines is 1. The van der Waals surface area contributed by atoms with Crippen LogP contribution in [0.2, 0.25) is 0 Å². The topological polar surface area (TPSA) is 93.2 Å². The van der Waals surface area contributed by atoms with Crippen molar-refractivity contribution in [3.8, 4) is 0 Å². The molecule has 9 nitrogen and oxygen atoms in total. The van der Waals surface area contributed by atoms with E-state index in [1.807, 2.05) is 17.0 Å². The molecule has 0 saturated carbocycles. The zero-order valence-corrected chi connectivity index (χ0v) is 30.1. The van der Waals surface area contributed by atoms with E-state index in [9.17, 15) is 45.8 Å². The summed E-state index contributed by atoms with van der Waals surface area (Å²) in [5, 5.41) is 14.1. The number of rotatable bonds is 7. The molecule has 0 spiro atoms. The number of fused-ring (bicyclic) bond motifs is 1. The summed E-state index contributed by atoms with van der Waals surface area (Å²) in [7, 11) is 0. The van der Waals surface area contributed by atoms with Crippen molar-refractivity contribution in [2.75, 3.05) is 44.6 Å². The van der Waals surface area contributed by atoms with E-state index in [4.69, 9.17) is 0 Å². The Morgan fingerprint density at radius 1 is 0.925 bits per heavy atom. The SMILES string of the molecule is CC1(C)CCN(C2CCN(C3(CC=O)CC(N4CCc5ccccc5NC4=O)CC[N@+]3(Cc3cc(C(F)(F)F)cc(C(F)(F)F)c3)C(=O)O)CC2)CC1. The maximum absolute atomic E-state index is 14.0. The van der Waals surface area contributed by atoms with Crippen molar-refractivity contribution in [3.05, 3.63) is 64.7 Å². The van der Waals surface area contributed by atoms with Crippen molar-refractivity contribution in [2.45, 2.75) is 102 Å². The van der Waals surface area contributed by atoms with Crippen LogP contribution in [0, 0.1) is 5.41 Å². The van der Waals surface area contributed by atoms with E-state index in [-0.39, 0.29) is 43.3 Å². The van der Waals surface area contributed by atoms with Crippen molar-refractivity contribution in [1.82, 2.24) is 14.7 Å². The molecule has 53 heavy (non-hydrogen) atoms. The highest BCUT2D eigenvalue weighted by molar-refractivity contribution is 5.91. The summed E-state index contributed by atoms with van der Waals surface area (Å²) >= 11 is 0. The van der Waals surface area contributed by atoms with Crippen LogP contribution in [0.5, 0.6) is 0 Å². The molecule has 2 aromatic rings. The molecule has 3 saturated heterocycles. The quantitative estimate of drug-likeness (QED) is 0.170. The van der Waals surface area contributed by atoms with E-state index in [2.05, 4.69) is 24.1 Å². The maximum atomic E-state index is 14.0. The number of urea groups is 1. The van der Waals surface area contributed by atoms with Crippen LogP contribution >= 0.6 is 0 Å². The van der Waals surface area contributed by atoms with Gasteiger partial charge in [0.1, 0.15) is 12.8 Å². The second kappa shape index (κ2) is 14.5. The minimum Gasteiger partial charge on any atom is -0.435 e. The molecule has 3 fully saturated rings. The third-order valence-corrected chi connectivity index (χ3v) is 12.4. The van der Waals surface area contributed by atoms with E-state index in [0.29, 0.717) is 63.0 Å². The van der Waals surface area contributed by atoms with Crippen molar-refractivity contribution in [3.63, 3.8) is 0 Å². The standard InChI is InChI=1S/C38H47F6N5O4/c1-35(2)11-17-46(18-12-35)30-8-14-47(15-9-30)36(13-20-50)24-31(48-16-7-27-5-3-4-6-32(27)45-33(48)51)10-19-49(36,34(52)53)25-26-21-28(37(39,40)41)23-29(22-26)38(42,43)44/h3-6,20-23,30-31H,7-19,24-25H2,1-2H3,(H-,45,51,52,53)/p+1/t31?,36?,49-/m0/s1. The molecule has 4 heterocycles. The lowest BCUT2D eigenvalue weighted by atomic mass is 9.80. The minimum atomic E-state index is -5.12. The van der Waals surface area contributed by atoms with Crippen LogP contribution in [0.1, 0.15) is 81.0 Å².